The van der Waals surface area contributed by atoms with Crippen LogP contribution in [0, 0.1) is 0 Å². The van der Waals surface area contributed by atoms with Crippen molar-refractivity contribution in [2.75, 3.05) is 7.11 Å². The standard InChI is InChI=1S/C15H16O4S/c1-3-11-10-12(16)4-9-15(11)20(17,18)14-7-5-13(19-2)6-8-14/h4-10,16H,3H2,1-2H3. The number of benzene rings is 2. The zero-order valence-corrected chi connectivity index (χ0v) is 12.1. The molecule has 0 aliphatic carbocycles. The zero-order chi connectivity index (χ0) is 14.8. The Kier molecular flexibility index (Phi) is 3.99. The van der Waals surface area contributed by atoms with Crippen LogP contribution in [0.15, 0.2) is 52.3 Å². The number of aromatic hydroxyl groups is 1. The number of hydrogen-bond acceptors (Lipinski definition) is 4. The second kappa shape index (κ2) is 5.54. The maximum Gasteiger partial charge on any atom is 0.206 e. The largest absolute Gasteiger partial charge is 0.508 e. The summed E-state index contributed by atoms with van der Waals surface area (Å²) in [5.74, 6) is 0.668. The first-order chi connectivity index (χ1) is 9.48. The highest BCUT2D eigenvalue weighted by atomic mass is 32.2. The van der Waals surface area contributed by atoms with Gasteiger partial charge in [-0.05, 0) is 54.4 Å². The van der Waals surface area contributed by atoms with Crippen molar-refractivity contribution in [2.45, 2.75) is 23.1 Å². The first kappa shape index (κ1) is 14.4. The maximum atomic E-state index is 12.6. The minimum atomic E-state index is -3.59. The maximum absolute atomic E-state index is 12.6. The smallest absolute Gasteiger partial charge is 0.206 e. The molecule has 0 saturated heterocycles. The highest BCUT2D eigenvalue weighted by Crippen LogP contribution is 2.28. The van der Waals surface area contributed by atoms with Crippen LogP contribution in [-0.4, -0.2) is 20.6 Å². The van der Waals surface area contributed by atoms with Crippen LogP contribution in [0.25, 0.3) is 0 Å². The molecule has 20 heavy (non-hydrogen) atoms. The number of rotatable bonds is 4. The van der Waals surface area contributed by atoms with Gasteiger partial charge in [-0.3, -0.25) is 0 Å². The van der Waals surface area contributed by atoms with E-state index in [1.807, 2.05) is 6.92 Å². The molecule has 0 fully saturated rings. The lowest BCUT2D eigenvalue weighted by atomic mass is 10.2. The monoisotopic (exact) mass is 292 g/mol. The van der Waals surface area contributed by atoms with Crippen LogP contribution in [0.3, 0.4) is 0 Å². The SMILES string of the molecule is CCc1cc(O)ccc1S(=O)(=O)c1ccc(OC)cc1. The molecule has 2 aromatic carbocycles. The molecule has 2 rings (SSSR count). The van der Waals surface area contributed by atoms with Crippen molar-refractivity contribution in [1.29, 1.82) is 0 Å². The number of phenolic OH excluding ortho intramolecular Hbond substituents is 1. The summed E-state index contributed by atoms with van der Waals surface area (Å²) in [6.45, 7) is 1.85. The molecule has 106 valence electrons. The van der Waals surface area contributed by atoms with Gasteiger partial charge >= 0.3 is 0 Å². The van der Waals surface area contributed by atoms with Crippen LogP contribution in [0.5, 0.6) is 11.5 Å². The second-order valence-corrected chi connectivity index (χ2v) is 6.24. The highest BCUT2D eigenvalue weighted by molar-refractivity contribution is 7.91. The Morgan fingerprint density at radius 2 is 1.75 bits per heavy atom. The van der Waals surface area contributed by atoms with Crippen LogP contribution < -0.4 is 4.74 Å². The van der Waals surface area contributed by atoms with E-state index in [4.69, 9.17) is 4.74 Å². The molecule has 4 nitrogen and oxygen atoms in total. The molecule has 0 radical (unpaired) electrons. The fraction of sp³-hybridized carbons (Fsp3) is 0.200. The minimum absolute atomic E-state index is 0.0653. The Morgan fingerprint density at radius 1 is 1.10 bits per heavy atom. The number of methoxy groups -OCH3 is 1. The van der Waals surface area contributed by atoms with E-state index >= 15 is 0 Å². The summed E-state index contributed by atoms with van der Waals surface area (Å²) in [4.78, 5) is 0.432. The third kappa shape index (κ3) is 2.63. The molecule has 0 aliphatic heterocycles. The van der Waals surface area contributed by atoms with Gasteiger partial charge in [-0.25, -0.2) is 8.42 Å². The molecular weight excluding hydrogens is 276 g/mol. The summed E-state index contributed by atoms with van der Waals surface area (Å²) in [5.41, 5.74) is 0.598. The fourth-order valence-corrected chi connectivity index (χ4v) is 3.53. The summed E-state index contributed by atoms with van der Waals surface area (Å²) < 4.78 is 30.2. The van der Waals surface area contributed by atoms with Gasteiger partial charge < -0.3 is 9.84 Å². The number of ether oxygens (including phenoxy) is 1. The van der Waals surface area contributed by atoms with Crippen molar-refractivity contribution in [3.63, 3.8) is 0 Å². The molecule has 5 heteroatoms. The molecule has 0 amide bonds. The van der Waals surface area contributed by atoms with Crippen molar-refractivity contribution in [3.8, 4) is 11.5 Å². The van der Waals surface area contributed by atoms with Gasteiger partial charge in [-0.1, -0.05) is 6.92 Å². The Balaban J connectivity index is 2.54. The predicted octanol–water partition coefficient (Wildman–Crippen LogP) is 2.80. The second-order valence-electron chi connectivity index (χ2n) is 4.32. The molecule has 0 heterocycles. The molecule has 0 unspecified atom stereocenters. The molecule has 0 saturated carbocycles. The van der Waals surface area contributed by atoms with Gasteiger partial charge in [0.05, 0.1) is 16.9 Å². The molecular formula is C15H16O4S. The van der Waals surface area contributed by atoms with Gasteiger partial charge in [0.2, 0.25) is 9.84 Å². The lowest BCUT2D eigenvalue weighted by molar-refractivity contribution is 0.414. The Morgan fingerprint density at radius 3 is 2.30 bits per heavy atom. The summed E-state index contributed by atoms with van der Waals surface area (Å²) in [6, 6.07) is 10.6. The highest BCUT2D eigenvalue weighted by Gasteiger charge is 2.21. The first-order valence-electron chi connectivity index (χ1n) is 6.20. The van der Waals surface area contributed by atoms with Gasteiger partial charge in [0.1, 0.15) is 11.5 Å². The first-order valence-corrected chi connectivity index (χ1v) is 7.68. The molecule has 0 bridgehead atoms. The van der Waals surface area contributed by atoms with E-state index in [0.717, 1.165) is 0 Å². The van der Waals surface area contributed by atoms with Crippen molar-refractivity contribution < 1.29 is 18.3 Å². The van der Waals surface area contributed by atoms with Crippen LogP contribution in [0.4, 0.5) is 0 Å². The summed E-state index contributed by atoms with van der Waals surface area (Å²) in [5, 5.41) is 9.46. The van der Waals surface area contributed by atoms with Crippen LogP contribution >= 0.6 is 0 Å². The van der Waals surface area contributed by atoms with Gasteiger partial charge in [0.25, 0.3) is 0 Å². The van der Waals surface area contributed by atoms with E-state index in [0.29, 0.717) is 17.7 Å². The van der Waals surface area contributed by atoms with Crippen molar-refractivity contribution >= 4 is 9.84 Å². The predicted molar refractivity (Wildman–Crippen MR) is 75.9 cm³/mol. The summed E-state index contributed by atoms with van der Waals surface area (Å²) in [6.07, 6.45) is 0.527. The Hall–Kier alpha value is -2.01. The third-order valence-corrected chi connectivity index (χ3v) is 4.95. The van der Waals surface area contributed by atoms with E-state index in [2.05, 4.69) is 0 Å². The molecule has 0 aromatic heterocycles. The number of aryl methyl sites for hydroxylation is 1. The molecule has 0 atom stereocenters. The summed E-state index contributed by atoms with van der Waals surface area (Å²) >= 11 is 0. The normalized spacial score (nSPS) is 11.3. The third-order valence-electron chi connectivity index (χ3n) is 3.08. The van der Waals surface area contributed by atoms with Gasteiger partial charge in [-0.2, -0.15) is 0 Å². The van der Waals surface area contributed by atoms with E-state index < -0.39 is 9.84 Å². The minimum Gasteiger partial charge on any atom is -0.508 e. The number of hydrogen-bond donors (Lipinski definition) is 1. The lowest BCUT2D eigenvalue weighted by Crippen LogP contribution is -2.05. The van der Waals surface area contributed by atoms with Crippen molar-refractivity contribution in [3.05, 3.63) is 48.0 Å². The topological polar surface area (TPSA) is 63.6 Å². The summed E-state index contributed by atoms with van der Waals surface area (Å²) in [7, 11) is -2.06. The van der Waals surface area contributed by atoms with Crippen LogP contribution in [0.2, 0.25) is 0 Å². The van der Waals surface area contributed by atoms with Crippen LogP contribution in [-0.2, 0) is 16.3 Å². The molecule has 0 aliphatic rings. The zero-order valence-electron chi connectivity index (χ0n) is 11.3. The molecule has 1 N–H and O–H groups in total. The van der Waals surface area contributed by atoms with Gasteiger partial charge in [-0.15, -0.1) is 0 Å². The molecule has 2 aromatic rings. The average Bonchev–Trinajstić information content (AvgIpc) is 2.46. The van der Waals surface area contributed by atoms with Crippen LogP contribution in [0.1, 0.15) is 12.5 Å². The number of phenols is 1. The Bertz CT molecular complexity index is 703. The van der Waals surface area contributed by atoms with E-state index in [1.54, 1.807) is 12.1 Å². The van der Waals surface area contributed by atoms with Crippen molar-refractivity contribution in [2.24, 2.45) is 0 Å². The van der Waals surface area contributed by atoms with Crippen molar-refractivity contribution in [1.82, 2.24) is 0 Å². The quantitative estimate of drug-likeness (QED) is 0.941. The fourth-order valence-electron chi connectivity index (χ4n) is 1.99. The van der Waals surface area contributed by atoms with E-state index in [1.165, 1.54) is 37.4 Å². The van der Waals surface area contributed by atoms with Gasteiger partial charge in [0, 0.05) is 0 Å². The Labute approximate surface area is 118 Å². The average molecular weight is 292 g/mol. The molecule has 0 spiro atoms. The lowest BCUT2D eigenvalue weighted by Gasteiger charge is -2.10. The van der Waals surface area contributed by atoms with E-state index in [-0.39, 0.29) is 15.5 Å². The number of sulfone groups is 1. The van der Waals surface area contributed by atoms with E-state index in [9.17, 15) is 13.5 Å². The van der Waals surface area contributed by atoms with Gasteiger partial charge in [0.15, 0.2) is 0 Å².